The summed E-state index contributed by atoms with van der Waals surface area (Å²) in [6.45, 7) is 2.07. The average Bonchev–Trinajstić information content (AvgIpc) is 2.05. The number of piperazine rings is 1. The molecule has 1 rings (SSSR count). The van der Waals surface area contributed by atoms with Gasteiger partial charge in [0, 0.05) is 26.2 Å². The van der Waals surface area contributed by atoms with Gasteiger partial charge in [0.15, 0.2) is 0 Å². The molecule has 0 unspecified atom stereocenters. The van der Waals surface area contributed by atoms with Gasteiger partial charge in [-0.15, -0.1) is 0 Å². The molecule has 12 heavy (non-hydrogen) atoms. The molecule has 1 aliphatic heterocycles. The van der Waals surface area contributed by atoms with Crippen molar-refractivity contribution >= 4 is 6.41 Å². The van der Waals surface area contributed by atoms with Gasteiger partial charge in [0.25, 0.3) is 6.43 Å². The van der Waals surface area contributed by atoms with E-state index in [2.05, 4.69) is 0 Å². The second-order valence-corrected chi connectivity index (χ2v) is 2.83. The highest BCUT2D eigenvalue weighted by Gasteiger charge is 2.17. The Labute approximate surface area is 69.9 Å². The Bertz CT molecular complexity index is 146. The van der Waals surface area contributed by atoms with Crippen molar-refractivity contribution in [2.24, 2.45) is 0 Å². The predicted molar refractivity (Wildman–Crippen MR) is 40.1 cm³/mol. The third-order valence-corrected chi connectivity index (χ3v) is 1.95. The standard InChI is InChI=1S/C7H12F2N2O/c8-7(9)5-10-1-3-11(6-12)4-2-10/h6-7H,1-5H2. The lowest BCUT2D eigenvalue weighted by molar-refractivity contribution is -0.119. The molecule has 0 saturated carbocycles. The Morgan fingerprint density at radius 3 is 2.25 bits per heavy atom. The number of hydrogen-bond donors (Lipinski definition) is 0. The summed E-state index contributed by atoms with van der Waals surface area (Å²) in [5.41, 5.74) is 0. The van der Waals surface area contributed by atoms with Gasteiger partial charge in [-0.05, 0) is 0 Å². The third kappa shape index (κ3) is 2.73. The summed E-state index contributed by atoms with van der Waals surface area (Å²) in [5, 5.41) is 0. The molecule has 1 aliphatic rings. The lowest BCUT2D eigenvalue weighted by atomic mass is 10.3. The van der Waals surface area contributed by atoms with Crippen molar-refractivity contribution in [2.75, 3.05) is 32.7 Å². The average molecular weight is 178 g/mol. The Morgan fingerprint density at radius 2 is 1.83 bits per heavy atom. The van der Waals surface area contributed by atoms with Crippen LogP contribution in [0.4, 0.5) is 8.78 Å². The Kier molecular flexibility index (Phi) is 3.40. The summed E-state index contributed by atoms with van der Waals surface area (Å²) in [6.07, 6.45) is -1.51. The molecule has 0 N–H and O–H groups in total. The zero-order valence-electron chi connectivity index (χ0n) is 6.75. The van der Waals surface area contributed by atoms with Gasteiger partial charge in [0.05, 0.1) is 6.54 Å². The van der Waals surface area contributed by atoms with Crippen LogP contribution in [0, 0.1) is 0 Å². The topological polar surface area (TPSA) is 23.6 Å². The van der Waals surface area contributed by atoms with Crippen molar-refractivity contribution < 1.29 is 13.6 Å². The van der Waals surface area contributed by atoms with E-state index in [9.17, 15) is 13.6 Å². The van der Waals surface area contributed by atoms with Crippen LogP contribution < -0.4 is 0 Å². The van der Waals surface area contributed by atoms with Gasteiger partial charge in [-0.2, -0.15) is 0 Å². The van der Waals surface area contributed by atoms with E-state index in [1.54, 1.807) is 9.80 Å². The molecule has 0 aromatic heterocycles. The second kappa shape index (κ2) is 4.35. The van der Waals surface area contributed by atoms with Crippen LogP contribution in [-0.2, 0) is 4.79 Å². The molecule has 0 aromatic carbocycles. The van der Waals surface area contributed by atoms with Gasteiger partial charge >= 0.3 is 0 Å². The number of hydrogen-bond acceptors (Lipinski definition) is 2. The van der Waals surface area contributed by atoms with E-state index in [1.165, 1.54) is 0 Å². The highest BCUT2D eigenvalue weighted by Crippen LogP contribution is 2.02. The molecule has 0 bridgehead atoms. The maximum Gasteiger partial charge on any atom is 0.251 e. The van der Waals surface area contributed by atoms with E-state index in [0.29, 0.717) is 26.2 Å². The van der Waals surface area contributed by atoms with E-state index >= 15 is 0 Å². The number of amides is 1. The minimum Gasteiger partial charge on any atom is -0.343 e. The molecule has 3 nitrogen and oxygen atoms in total. The molecule has 0 aromatic rings. The van der Waals surface area contributed by atoms with Crippen molar-refractivity contribution in [2.45, 2.75) is 6.43 Å². The highest BCUT2D eigenvalue weighted by molar-refractivity contribution is 5.47. The SMILES string of the molecule is O=CN1CCN(CC(F)F)CC1. The Morgan fingerprint density at radius 1 is 1.25 bits per heavy atom. The number of rotatable bonds is 3. The van der Waals surface area contributed by atoms with E-state index in [0.717, 1.165) is 6.41 Å². The van der Waals surface area contributed by atoms with Crippen LogP contribution in [-0.4, -0.2) is 55.4 Å². The first-order chi connectivity index (χ1) is 5.72. The van der Waals surface area contributed by atoms with Gasteiger partial charge in [0.1, 0.15) is 0 Å². The van der Waals surface area contributed by atoms with Gasteiger partial charge < -0.3 is 4.90 Å². The smallest absolute Gasteiger partial charge is 0.251 e. The maximum atomic E-state index is 11.9. The van der Waals surface area contributed by atoms with Gasteiger partial charge in [0.2, 0.25) is 6.41 Å². The van der Waals surface area contributed by atoms with Gasteiger partial charge in [-0.25, -0.2) is 8.78 Å². The molecule has 1 saturated heterocycles. The lowest BCUT2D eigenvalue weighted by Crippen LogP contribution is -2.47. The van der Waals surface area contributed by atoms with Crippen LogP contribution in [0.25, 0.3) is 0 Å². The van der Waals surface area contributed by atoms with Crippen LogP contribution >= 0.6 is 0 Å². The molecule has 70 valence electrons. The number of alkyl halides is 2. The summed E-state index contributed by atoms with van der Waals surface area (Å²) < 4.78 is 23.7. The quantitative estimate of drug-likeness (QED) is 0.569. The van der Waals surface area contributed by atoms with Crippen molar-refractivity contribution in [3.63, 3.8) is 0 Å². The van der Waals surface area contributed by atoms with Crippen molar-refractivity contribution in [1.29, 1.82) is 0 Å². The number of nitrogens with zero attached hydrogens (tertiary/aromatic N) is 2. The summed E-state index contributed by atoms with van der Waals surface area (Å²) in [4.78, 5) is 13.5. The van der Waals surface area contributed by atoms with Crippen molar-refractivity contribution in [1.82, 2.24) is 9.80 Å². The van der Waals surface area contributed by atoms with E-state index < -0.39 is 6.43 Å². The molecular formula is C7H12F2N2O. The van der Waals surface area contributed by atoms with Crippen molar-refractivity contribution in [3.05, 3.63) is 0 Å². The second-order valence-electron chi connectivity index (χ2n) is 2.83. The van der Waals surface area contributed by atoms with Crippen LogP contribution in [0.2, 0.25) is 0 Å². The summed E-state index contributed by atoms with van der Waals surface area (Å²) >= 11 is 0. The summed E-state index contributed by atoms with van der Waals surface area (Å²) in [6, 6.07) is 0. The first-order valence-corrected chi connectivity index (χ1v) is 3.92. The first-order valence-electron chi connectivity index (χ1n) is 3.92. The molecule has 0 aliphatic carbocycles. The maximum absolute atomic E-state index is 11.9. The fourth-order valence-electron chi connectivity index (χ4n) is 1.25. The largest absolute Gasteiger partial charge is 0.343 e. The van der Waals surface area contributed by atoms with E-state index in [-0.39, 0.29) is 6.54 Å². The summed E-state index contributed by atoms with van der Waals surface area (Å²) in [7, 11) is 0. The fraction of sp³-hybridized carbons (Fsp3) is 0.857. The third-order valence-electron chi connectivity index (χ3n) is 1.95. The molecule has 1 amide bonds. The van der Waals surface area contributed by atoms with E-state index in [1.807, 2.05) is 0 Å². The predicted octanol–water partition coefficient (Wildman–Crippen LogP) is 0.0255. The number of carbonyl (C=O) groups is 1. The molecule has 5 heteroatoms. The molecule has 0 spiro atoms. The summed E-state index contributed by atoms with van der Waals surface area (Å²) in [5.74, 6) is 0. The normalized spacial score (nSPS) is 20.1. The highest BCUT2D eigenvalue weighted by atomic mass is 19.3. The Balaban J connectivity index is 2.21. The van der Waals surface area contributed by atoms with Crippen LogP contribution in [0.3, 0.4) is 0 Å². The van der Waals surface area contributed by atoms with Crippen LogP contribution in [0.1, 0.15) is 0 Å². The monoisotopic (exact) mass is 178 g/mol. The first kappa shape index (κ1) is 9.38. The van der Waals surface area contributed by atoms with Gasteiger partial charge in [-0.3, -0.25) is 9.69 Å². The minimum absolute atomic E-state index is 0.174. The fourth-order valence-corrected chi connectivity index (χ4v) is 1.25. The molecule has 1 heterocycles. The zero-order chi connectivity index (χ0) is 8.97. The number of halogens is 2. The van der Waals surface area contributed by atoms with E-state index in [4.69, 9.17) is 0 Å². The minimum atomic E-state index is -2.27. The zero-order valence-corrected chi connectivity index (χ0v) is 6.75. The molecule has 0 atom stereocenters. The number of carbonyl (C=O) groups excluding carboxylic acids is 1. The Hall–Kier alpha value is -0.710. The molecular weight excluding hydrogens is 166 g/mol. The van der Waals surface area contributed by atoms with Crippen LogP contribution in [0.15, 0.2) is 0 Å². The lowest BCUT2D eigenvalue weighted by Gasteiger charge is -2.31. The molecule has 0 radical (unpaired) electrons. The van der Waals surface area contributed by atoms with Crippen molar-refractivity contribution in [3.8, 4) is 0 Å². The molecule has 1 fully saturated rings. The van der Waals surface area contributed by atoms with Crippen LogP contribution in [0.5, 0.6) is 0 Å². The van der Waals surface area contributed by atoms with Gasteiger partial charge in [-0.1, -0.05) is 0 Å².